The van der Waals surface area contributed by atoms with Crippen LogP contribution in [-0.4, -0.2) is 49.5 Å². The number of carbonyl (C=O) groups excluding carboxylic acids is 1. The van der Waals surface area contributed by atoms with E-state index in [2.05, 4.69) is 32.4 Å². The van der Waals surface area contributed by atoms with E-state index in [0.29, 0.717) is 30.2 Å². The Balaban J connectivity index is 1.38. The number of rotatable bonds is 7. The second-order valence-electron chi connectivity index (χ2n) is 8.57. The van der Waals surface area contributed by atoms with Gasteiger partial charge in [0.05, 0.1) is 35.7 Å². The van der Waals surface area contributed by atoms with E-state index in [1.54, 1.807) is 18.0 Å². The average Bonchev–Trinajstić information content (AvgIpc) is 3.19. The number of hydrogen-bond donors (Lipinski definition) is 2. The number of nitrogens with zero attached hydrogens (tertiary/aromatic N) is 5. The molecule has 10 heteroatoms. The Kier molecular flexibility index (Phi) is 6.29. The van der Waals surface area contributed by atoms with Gasteiger partial charge in [-0.1, -0.05) is 42.1 Å². The Bertz CT molecular complexity index is 1400. The highest BCUT2D eigenvalue weighted by Crippen LogP contribution is 2.38. The molecule has 3 aromatic heterocycles. The molecule has 9 nitrogen and oxygen atoms in total. The zero-order valence-corrected chi connectivity index (χ0v) is 20.7. The summed E-state index contributed by atoms with van der Waals surface area (Å²) in [6.45, 7) is 4.94. The molecule has 4 aromatic rings. The van der Waals surface area contributed by atoms with E-state index < -0.39 is 0 Å². The number of nitrogen functional groups attached to an aromatic ring is 1. The number of pyridine rings is 1. The molecule has 1 aromatic carbocycles. The first-order chi connectivity index (χ1) is 16.9. The Morgan fingerprint density at radius 3 is 2.83 bits per heavy atom. The molecule has 5 rings (SSSR count). The molecule has 1 atom stereocenters. The molecule has 0 bridgehead atoms. The van der Waals surface area contributed by atoms with Crippen LogP contribution in [0.25, 0.3) is 11.0 Å². The number of hydrogen-bond acceptors (Lipinski definition) is 8. The van der Waals surface area contributed by atoms with Gasteiger partial charge < -0.3 is 15.8 Å². The van der Waals surface area contributed by atoms with Crippen molar-refractivity contribution in [1.29, 1.82) is 0 Å². The van der Waals surface area contributed by atoms with Crippen molar-refractivity contribution in [3.63, 3.8) is 0 Å². The minimum Gasteiger partial charge on any atom is -0.496 e. The van der Waals surface area contributed by atoms with Crippen LogP contribution in [0.15, 0.2) is 41.6 Å². The van der Waals surface area contributed by atoms with Gasteiger partial charge in [-0.15, -0.1) is 0 Å². The van der Waals surface area contributed by atoms with Gasteiger partial charge in [-0.05, 0) is 25.8 Å². The summed E-state index contributed by atoms with van der Waals surface area (Å²) in [7, 11) is 1.66. The first kappa shape index (κ1) is 23.1. The topological polar surface area (TPSA) is 121 Å². The third kappa shape index (κ3) is 4.53. The summed E-state index contributed by atoms with van der Waals surface area (Å²) in [5.74, 6) is 0.940. The lowest BCUT2D eigenvalue weighted by Gasteiger charge is -2.19. The van der Waals surface area contributed by atoms with Crippen molar-refractivity contribution < 1.29 is 9.53 Å². The van der Waals surface area contributed by atoms with Crippen LogP contribution >= 0.6 is 11.8 Å². The maximum Gasteiger partial charge on any atom is 0.233 e. The highest BCUT2D eigenvalue weighted by Gasteiger charge is 2.32. The van der Waals surface area contributed by atoms with Crippen LogP contribution in [0.4, 0.5) is 5.95 Å². The Morgan fingerprint density at radius 2 is 2.06 bits per heavy atom. The highest BCUT2D eigenvalue weighted by atomic mass is 32.2. The fourth-order valence-corrected chi connectivity index (χ4v) is 5.60. The predicted octanol–water partition coefficient (Wildman–Crippen LogP) is 2.85. The average molecular weight is 490 g/mol. The van der Waals surface area contributed by atoms with Gasteiger partial charge in [0, 0.05) is 30.3 Å². The van der Waals surface area contributed by atoms with Crippen molar-refractivity contribution in [2.24, 2.45) is 0 Å². The van der Waals surface area contributed by atoms with Gasteiger partial charge >= 0.3 is 0 Å². The number of thioether (sulfide) groups is 1. The van der Waals surface area contributed by atoms with Gasteiger partial charge in [-0.3, -0.25) is 9.78 Å². The summed E-state index contributed by atoms with van der Waals surface area (Å²) in [6.07, 6.45) is 3.07. The van der Waals surface area contributed by atoms with Crippen LogP contribution in [0.3, 0.4) is 0 Å². The van der Waals surface area contributed by atoms with E-state index >= 15 is 0 Å². The number of ether oxygens (including phenoxy) is 1. The molecular formula is C25H27N7O2S. The van der Waals surface area contributed by atoms with E-state index in [9.17, 15) is 4.79 Å². The SMILES string of the molecule is COc1c(C)cnc(Cn2nc3c4c(nc(N)nc42)SC(C(=O)NCCc2ccccc2)C3)c1C. The lowest BCUT2D eigenvalue weighted by Crippen LogP contribution is -2.36. The number of carbonyl (C=O) groups is 1. The van der Waals surface area contributed by atoms with Gasteiger partial charge in [-0.2, -0.15) is 10.1 Å². The zero-order chi connectivity index (χ0) is 24.5. The molecule has 180 valence electrons. The summed E-state index contributed by atoms with van der Waals surface area (Å²) in [5.41, 5.74) is 11.5. The quantitative estimate of drug-likeness (QED) is 0.380. The minimum atomic E-state index is -0.335. The van der Waals surface area contributed by atoms with Gasteiger partial charge in [0.15, 0.2) is 5.65 Å². The Morgan fingerprint density at radius 1 is 1.26 bits per heavy atom. The third-order valence-corrected chi connectivity index (χ3v) is 7.36. The van der Waals surface area contributed by atoms with E-state index in [0.717, 1.165) is 40.1 Å². The number of nitrogens with one attached hydrogen (secondary N) is 1. The molecular weight excluding hydrogens is 462 g/mol. The smallest absolute Gasteiger partial charge is 0.233 e. The van der Waals surface area contributed by atoms with Crippen LogP contribution in [-0.2, 0) is 24.2 Å². The third-order valence-electron chi connectivity index (χ3n) is 6.18. The Labute approximate surface area is 207 Å². The molecule has 1 aliphatic heterocycles. The van der Waals surface area contributed by atoms with Crippen molar-refractivity contribution in [2.75, 3.05) is 19.4 Å². The molecule has 1 amide bonds. The summed E-state index contributed by atoms with van der Waals surface area (Å²) < 4.78 is 7.35. The standard InChI is InChI=1S/C25H27N7O2S/c1-14-12-28-18(15(2)21(14)34-3)13-32-22-20-17(31-32)11-19(35-24(20)30-25(26)29-22)23(33)27-10-9-16-7-5-4-6-8-16/h4-8,12,19H,9-11,13H2,1-3H3,(H,27,33)(H2,26,29,30). The highest BCUT2D eigenvalue weighted by molar-refractivity contribution is 8.00. The molecule has 0 fully saturated rings. The maximum atomic E-state index is 13.0. The number of methoxy groups -OCH3 is 1. The fourth-order valence-electron chi connectivity index (χ4n) is 4.42. The summed E-state index contributed by atoms with van der Waals surface area (Å²) in [4.78, 5) is 26.5. The lowest BCUT2D eigenvalue weighted by atomic mass is 10.1. The van der Waals surface area contributed by atoms with Gasteiger partial charge in [0.1, 0.15) is 10.8 Å². The zero-order valence-electron chi connectivity index (χ0n) is 19.9. The molecule has 0 spiro atoms. The molecule has 3 N–H and O–H groups in total. The van der Waals surface area contributed by atoms with E-state index in [-0.39, 0.29) is 17.1 Å². The molecule has 1 unspecified atom stereocenters. The fraction of sp³-hybridized carbons (Fsp3) is 0.320. The maximum absolute atomic E-state index is 13.0. The van der Waals surface area contributed by atoms with Crippen molar-refractivity contribution >= 4 is 34.7 Å². The van der Waals surface area contributed by atoms with Crippen LogP contribution in [0, 0.1) is 13.8 Å². The van der Waals surface area contributed by atoms with E-state index in [4.69, 9.17) is 15.6 Å². The number of nitrogens with two attached hydrogens (primary N) is 1. The van der Waals surface area contributed by atoms with Crippen LogP contribution in [0.1, 0.15) is 28.1 Å². The molecule has 0 saturated heterocycles. The van der Waals surface area contributed by atoms with Gasteiger partial charge in [-0.25, -0.2) is 9.67 Å². The van der Waals surface area contributed by atoms with E-state index in [1.807, 2.05) is 32.0 Å². The first-order valence-corrected chi connectivity index (χ1v) is 12.3. The molecule has 0 aliphatic carbocycles. The molecule has 1 aliphatic rings. The second-order valence-corrected chi connectivity index (χ2v) is 9.76. The Hall–Kier alpha value is -3.66. The van der Waals surface area contributed by atoms with E-state index in [1.165, 1.54) is 17.3 Å². The van der Waals surface area contributed by atoms with Crippen molar-refractivity contribution in [1.82, 2.24) is 30.0 Å². The summed E-state index contributed by atoms with van der Waals surface area (Å²) in [6, 6.07) is 10.1. The largest absolute Gasteiger partial charge is 0.496 e. The summed E-state index contributed by atoms with van der Waals surface area (Å²) >= 11 is 1.42. The summed E-state index contributed by atoms with van der Waals surface area (Å²) in [5, 5.41) is 9.09. The number of amides is 1. The predicted molar refractivity (Wildman–Crippen MR) is 136 cm³/mol. The van der Waals surface area contributed by atoms with Crippen LogP contribution in [0.2, 0.25) is 0 Å². The van der Waals surface area contributed by atoms with Crippen molar-refractivity contribution in [3.8, 4) is 5.75 Å². The van der Waals surface area contributed by atoms with Crippen molar-refractivity contribution in [2.45, 2.75) is 43.5 Å². The first-order valence-electron chi connectivity index (χ1n) is 11.4. The lowest BCUT2D eigenvalue weighted by molar-refractivity contribution is -0.120. The van der Waals surface area contributed by atoms with Crippen LogP contribution in [0.5, 0.6) is 5.75 Å². The monoisotopic (exact) mass is 489 g/mol. The minimum absolute atomic E-state index is 0.0303. The molecule has 4 heterocycles. The number of benzene rings is 1. The molecule has 0 radical (unpaired) electrons. The van der Waals surface area contributed by atoms with Gasteiger partial charge in [0.25, 0.3) is 0 Å². The van der Waals surface area contributed by atoms with Crippen molar-refractivity contribution in [3.05, 3.63) is 64.6 Å². The number of anilines is 1. The number of aromatic nitrogens is 5. The second kappa shape index (κ2) is 9.53. The number of aryl methyl sites for hydroxylation is 1. The molecule has 0 saturated carbocycles. The molecule has 35 heavy (non-hydrogen) atoms. The van der Waals surface area contributed by atoms with Gasteiger partial charge in [0.2, 0.25) is 11.9 Å². The normalized spacial score (nSPS) is 14.8. The van der Waals surface area contributed by atoms with Crippen LogP contribution < -0.4 is 15.8 Å².